The third-order valence-corrected chi connectivity index (χ3v) is 16.1. The molecule has 1 aliphatic rings. The molecule has 3 aromatic carbocycles. The Hall–Kier alpha value is -1.06. The summed E-state index contributed by atoms with van der Waals surface area (Å²) in [4.78, 5) is 0. The molecular weight excluding hydrogens is 567 g/mol. The van der Waals surface area contributed by atoms with Crippen LogP contribution in [-0.4, -0.2) is 8.07 Å². The minimum atomic E-state index is -2.59. The van der Waals surface area contributed by atoms with Gasteiger partial charge in [0.15, 0.2) is 0 Å². The maximum atomic E-state index is 2.55. The number of benzene rings is 3. The first-order chi connectivity index (χ1) is 16.0. The fourth-order valence-corrected chi connectivity index (χ4v) is 14.3. The molecule has 37 heavy (non-hydrogen) atoms. The van der Waals surface area contributed by atoms with Crippen molar-refractivity contribution in [2.75, 3.05) is 0 Å². The Bertz CT molecular complexity index is 1290. The van der Waals surface area contributed by atoms with Crippen LogP contribution in [-0.2, 0) is 20.4 Å². The first-order valence-electron chi connectivity index (χ1n) is 12.3. The van der Waals surface area contributed by atoms with Crippen molar-refractivity contribution >= 4 is 23.6 Å². The molecule has 4 rings (SSSR count). The molecule has 3 aromatic rings. The molecule has 0 spiro atoms. The molecule has 2 atom stereocenters. The topological polar surface area (TPSA) is 0 Å². The smallest absolute Gasteiger partial charge is 1.00 e. The molecule has 0 heterocycles. The summed E-state index contributed by atoms with van der Waals surface area (Å²) < 4.78 is 1.54. The van der Waals surface area contributed by atoms with Crippen molar-refractivity contribution in [2.45, 2.75) is 67.4 Å². The molecular formula is C32H37Cl3SiTi. The zero-order chi connectivity index (χ0) is 25.0. The van der Waals surface area contributed by atoms with Crippen LogP contribution in [0.2, 0.25) is 5.04 Å². The van der Waals surface area contributed by atoms with Crippen LogP contribution in [0.25, 0.3) is 0 Å². The molecule has 0 aromatic heterocycles. The zero-order valence-corrected chi connectivity index (χ0v) is 28.2. The number of allylic oxidation sites excluding steroid dienone is 4. The van der Waals surface area contributed by atoms with E-state index in [9.17, 15) is 0 Å². The second-order valence-electron chi connectivity index (χ2n) is 10.6. The first kappa shape index (κ1) is 34.0. The molecule has 0 aliphatic heterocycles. The Kier molecular flexibility index (Phi) is 11.4. The maximum Gasteiger partial charge on any atom is -1.00 e. The summed E-state index contributed by atoms with van der Waals surface area (Å²) in [7, 11) is -2.59. The fourth-order valence-electron chi connectivity index (χ4n) is 6.37. The van der Waals surface area contributed by atoms with E-state index in [1.54, 1.807) is 0 Å². The normalized spacial score (nSPS) is 18.6. The minimum absolute atomic E-state index is 0. The van der Waals surface area contributed by atoms with Crippen molar-refractivity contribution in [2.24, 2.45) is 0 Å². The minimum Gasteiger partial charge on any atom is -1.00 e. The van der Waals surface area contributed by atoms with Gasteiger partial charge in [-0.1, -0.05) is 0 Å². The third-order valence-electron chi connectivity index (χ3n) is 8.72. The van der Waals surface area contributed by atoms with Crippen LogP contribution in [0.1, 0.15) is 55.5 Å². The van der Waals surface area contributed by atoms with E-state index in [4.69, 9.17) is 0 Å². The Morgan fingerprint density at radius 3 is 1.49 bits per heavy atom. The van der Waals surface area contributed by atoms with Crippen LogP contribution in [0.5, 0.6) is 0 Å². The number of hydrogen-bond acceptors (Lipinski definition) is 0. The van der Waals surface area contributed by atoms with Crippen molar-refractivity contribution in [1.82, 2.24) is 0 Å². The summed E-state index contributed by atoms with van der Waals surface area (Å²) in [6.45, 7) is 21.0. The van der Waals surface area contributed by atoms with E-state index in [0.29, 0.717) is 0 Å². The molecule has 5 heteroatoms. The van der Waals surface area contributed by atoms with E-state index in [1.165, 1.54) is 64.0 Å². The Morgan fingerprint density at radius 1 is 0.595 bits per heavy atom. The molecule has 2 unspecified atom stereocenters. The largest absolute Gasteiger partial charge is 1.00 e. The van der Waals surface area contributed by atoms with Gasteiger partial charge in [0.1, 0.15) is 0 Å². The summed E-state index contributed by atoms with van der Waals surface area (Å²) in [5.41, 5.74) is 11.4. The third kappa shape index (κ3) is 5.13. The number of aryl methyl sites for hydroxylation is 4. The number of hydrogen-bond donors (Lipinski definition) is 0. The predicted molar refractivity (Wildman–Crippen MR) is 147 cm³/mol. The molecule has 0 bridgehead atoms. The van der Waals surface area contributed by atoms with E-state index in [1.807, 2.05) is 0 Å². The van der Waals surface area contributed by atoms with E-state index in [0.717, 1.165) is 0 Å². The Labute approximate surface area is 256 Å². The molecule has 0 nitrogen and oxygen atoms in total. The Balaban J connectivity index is 0.00000228. The molecule has 194 valence electrons. The molecule has 0 amide bonds. The molecule has 0 saturated heterocycles. The average molecular weight is 604 g/mol. The summed E-state index contributed by atoms with van der Waals surface area (Å²) in [5.74, 6) is 0. The zero-order valence-electron chi connectivity index (χ0n) is 23.4. The van der Waals surface area contributed by atoms with Crippen molar-refractivity contribution in [3.8, 4) is 0 Å². The monoisotopic (exact) mass is 602 g/mol. The summed E-state index contributed by atoms with van der Waals surface area (Å²) >= 11 is 2.40. The van der Waals surface area contributed by atoms with Gasteiger partial charge in [0.05, 0.1) is 0 Å². The van der Waals surface area contributed by atoms with Gasteiger partial charge in [-0.05, 0) is 0 Å². The SMILES string of the molecule is CC1=C(C)C(C)([Si](c2ccccc2)(c2cc(C)cc(C)c2)c2cc(C)c(C)c(C)c2)[C]([Ti+3])=C1C.[Cl-].[Cl-].[Cl-]. The molecule has 0 radical (unpaired) electrons. The molecule has 1 aliphatic carbocycles. The average Bonchev–Trinajstić information content (AvgIpc) is 2.94. The van der Waals surface area contributed by atoms with Crippen molar-refractivity contribution < 1.29 is 57.7 Å². The second-order valence-corrected chi connectivity index (χ2v) is 15.6. The van der Waals surface area contributed by atoms with Crippen LogP contribution in [0.3, 0.4) is 0 Å². The van der Waals surface area contributed by atoms with Gasteiger partial charge in [-0.3, -0.25) is 0 Å². The van der Waals surface area contributed by atoms with E-state index >= 15 is 0 Å². The van der Waals surface area contributed by atoms with Gasteiger partial charge in [-0.2, -0.15) is 0 Å². The van der Waals surface area contributed by atoms with Gasteiger partial charge in [0.25, 0.3) is 0 Å². The summed E-state index contributed by atoms with van der Waals surface area (Å²) in [6, 6.07) is 23.8. The summed E-state index contributed by atoms with van der Waals surface area (Å²) in [5, 5.41) is 4.47. The van der Waals surface area contributed by atoms with E-state index < -0.39 is 8.07 Å². The summed E-state index contributed by atoms with van der Waals surface area (Å²) in [6.07, 6.45) is 0. The second kappa shape index (κ2) is 12.4. The van der Waals surface area contributed by atoms with Gasteiger partial charge in [-0.15, -0.1) is 0 Å². The van der Waals surface area contributed by atoms with Gasteiger partial charge >= 0.3 is 220 Å². The van der Waals surface area contributed by atoms with Gasteiger partial charge in [-0.25, -0.2) is 0 Å². The van der Waals surface area contributed by atoms with Crippen LogP contribution < -0.4 is 52.8 Å². The van der Waals surface area contributed by atoms with Crippen molar-refractivity contribution in [1.29, 1.82) is 0 Å². The standard InChI is InChI=1S/C32H37Si.3ClH.Ti/c1-21-15-22(2)17-30(16-21)33(29-13-11-10-12-14-29,31-18-23(3)26(6)24(4)19-31)32(9)20-25(5)27(7)28(32)8;;;;/h10-19H,1-9H3;3*1H;/q;;;;+3/p-3. The van der Waals surface area contributed by atoms with Gasteiger partial charge in [0.2, 0.25) is 0 Å². The fraction of sp³-hybridized carbons (Fsp3) is 0.312. The predicted octanol–water partition coefficient (Wildman–Crippen LogP) is -2.36. The maximum absolute atomic E-state index is 2.59. The van der Waals surface area contributed by atoms with Crippen LogP contribution in [0.4, 0.5) is 0 Å². The Morgan fingerprint density at radius 2 is 1.05 bits per heavy atom. The van der Waals surface area contributed by atoms with Gasteiger partial charge < -0.3 is 37.2 Å². The van der Waals surface area contributed by atoms with Crippen LogP contribution >= 0.6 is 0 Å². The van der Waals surface area contributed by atoms with Crippen molar-refractivity contribution in [3.63, 3.8) is 0 Å². The molecule has 0 N–H and O–H groups in total. The molecule has 0 saturated carbocycles. The van der Waals surface area contributed by atoms with Crippen LogP contribution in [0.15, 0.2) is 81.3 Å². The first-order valence-corrected chi connectivity index (χ1v) is 15.1. The number of rotatable bonds is 4. The quantitative estimate of drug-likeness (QED) is 0.232. The van der Waals surface area contributed by atoms with Crippen molar-refractivity contribution in [3.05, 3.63) is 109 Å². The molecule has 0 fully saturated rings. The van der Waals surface area contributed by atoms with Crippen LogP contribution in [0, 0.1) is 34.6 Å². The van der Waals surface area contributed by atoms with Gasteiger partial charge in [0, 0.05) is 0 Å². The van der Waals surface area contributed by atoms with E-state index in [2.05, 4.69) is 143 Å². The van der Waals surface area contributed by atoms with E-state index in [-0.39, 0.29) is 42.3 Å². The number of halogens is 3.